The predicted molar refractivity (Wildman–Crippen MR) is 103 cm³/mol. The van der Waals surface area contributed by atoms with E-state index in [1.165, 1.54) is 14.2 Å². The van der Waals surface area contributed by atoms with Crippen LogP contribution in [0.5, 0.6) is 17.2 Å². The number of methoxy groups -OCH3 is 2. The average molecular weight is 393 g/mol. The average Bonchev–Trinajstić information content (AvgIpc) is 2.98. The van der Waals surface area contributed by atoms with E-state index in [9.17, 15) is 4.79 Å². The molecule has 0 fully saturated rings. The van der Waals surface area contributed by atoms with Gasteiger partial charge in [0.2, 0.25) is 10.5 Å². The standard InChI is InChI=1S/C17H23N5O4S/c1-17(2,3)15-20-21-16(27)22(15)19-8-10-6-11(24-4)14(12(7-10)25-5)26-9-13(18)23/h6-8H,9H2,1-5H3,(H2,18,23)(H,21,27)/b19-8-. The number of ether oxygens (including phenoxy) is 3. The summed E-state index contributed by atoms with van der Waals surface area (Å²) in [5.74, 6) is 1.14. The number of nitrogens with one attached hydrogen (secondary N) is 1. The summed E-state index contributed by atoms with van der Waals surface area (Å²) in [5.41, 5.74) is 5.57. The molecule has 3 N–H and O–H groups in total. The lowest BCUT2D eigenvalue weighted by molar-refractivity contribution is -0.119. The van der Waals surface area contributed by atoms with E-state index in [0.29, 0.717) is 27.7 Å². The molecule has 0 bridgehead atoms. The Hall–Kier alpha value is -2.88. The fourth-order valence-electron chi connectivity index (χ4n) is 2.27. The molecule has 0 saturated carbocycles. The molecule has 0 spiro atoms. The van der Waals surface area contributed by atoms with Crippen LogP contribution in [0, 0.1) is 4.77 Å². The molecule has 10 heteroatoms. The molecule has 1 heterocycles. The van der Waals surface area contributed by atoms with Gasteiger partial charge in [-0.2, -0.15) is 14.9 Å². The minimum atomic E-state index is -0.603. The fourth-order valence-corrected chi connectivity index (χ4v) is 2.45. The molecule has 2 aromatic rings. The highest BCUT2D eigenvalue weighted by molar-refractivity contribution is 7.71. The summed E-state index contributed by atoms with van der Waals surface area (Å²) in [4.78, 5) is 11.0. The first-order valence-electron chi connectivity index (χ1n) is 8.06. The summed E-state index contributed by atoms with van der Waals surface area (Å²) in [5, 5.41) is 11.4. The molecule has 9 nitrogen and oxygen atoms in total. The fraction of sp³-hybridized carbons (Fsp3) is 0.412. The highest BCUT2D eigenvalue weighted by Crippen LogP contribution is 2.38. The van der Waals surface area contributed by atoms with Crippen molar-refractivity contribution in [3.63, 3.8) is 0 Å². The Balaban J connectivity index is 2.43. The van der Waals surface area contributed by atoms with E-state index in [-0.39, 0.29) is 17.8 Å². The Morgan fingerprint density at radius 1 is 1.33 bits per heavy atom. The predicted octanol–water partition coefficient (Wildman–Crippen LogP) is 2.00. The van der Waals surface area contributed by atoms with Crippen molar-refractivity contribution in [3.8, 4) is 17.2 Å². The lowest BCUT2D eigenvalue weighted by Gasteiger charge is -2.16. The molecule has 1 amide bonds. The number of benzene rings is 1. The van der Waals surface area contributed by atoms with Crippen molar-refractivity contribution in [1.82, 2.24) is 14.9 Å². The second kappa shape index (κ2) is 8.21. The summed E-state index contributed by atoms with van der Waals surface area (Å²) in [6.07, 6.45) is 1.60. The lowest BCUT2D eigenvalue weighted by atomic mass is 9.96. The highest BCUT2D eigenvalue weighted by Gasteiger charge is 2.21. The van der Waals surface area contributed by atoms with Crippen LogP contribution in [-0.2, 0) is 10.2 Å². The molecular formula is C17H23N5O4S. The molecule has 0 unspecified atom stereocenters. The van der Waals surface area contributed by atoms with Crippen molar-refractivity contribution < 1.29 is 19.0 Å². The second-order valence-corrected chi connectivity index (χ2v) is 7.05. The normalized spacial score (nSPS) is 11.6. The number of nitrogens with two attached hydrogens (primary N) is 1. The van der Waals surface area contributed by atoms with Crippen LogP contribution in [0.4, 0.5) is 0 Å². The zero-order chi connectivity index (χ0) is 20.2. The van der Waals surface area contributed by atoms with E-state index >= 15 is 0 Å². The van der Waals surface area contributed by atoms with Crippen LogP contribution < -0.4 is 19.9 Å². The van der Waals surface area contributed by atoms with Gasteiger partial charge in [-0.1, -0.05) is 20.8 Å². The van der Waals surface area contributed by atoms with Crippen LogP contribution in [0.25, 0.3) is 0 Å². The number of nitrogens with zero attached hydrogens (tertiary/aromatic N) is 3. The molecule has 0 atom stereocenters. The molecule has 1 aromatic heterocycles. The molecule has 0 aliphatic carbocycles. The number of amides is 1. The number of hydrogen-bond acceptors (Lipinski definition) is 7. The van der Waals surface area contributed by atoms with Crippen LogP contribution in [-0.4, -0.2) is 47.8 Å². The summed E-state index contributed by atoms with van der Waals surface area (Å²) < 4.78 is 18.0. The van der Waals surface area contributed by atoms with Gasteiger partial charge in [-0.05, 0) is 24.4 Å². The first-order chi connectivity index (χ1) is 12.7. The number of rotatable bonds is 7. The Morgan fingerprint density at radius 3 is 2.41 bits per heavy atom. The minimum Gasteiger partial charge on any atom is -0.493 e. The zero-order valence-electron chi connectivity index (χ0n) is 15.9. The number of carbonyl (C=O) groups excluding carboxylic acids is 1. The minimum absolute atomic E-state index is 0.243. The maximum Gasteiger partial charge on any atom is 0.255 e. The number of primary amides is 1. The van der Waals surface area contributed by atoms with Gasteiger partial charge < -0.3 is 19.9 Å². The monoisotopic (exact) mass is 393 g/mol. The van der Waals surface area contributed by atoms with E-state index in [1.54, 1.807) is 23.0 Å². The van der Waals surface area contributed by atoms with Crippen LogP contribution >= 0.6 is 12.2 Å². The number of aromatic amines is 1. The van der Waals surface area contributed by atoms with Crippen LogP contribution in [0.15, 0.2) is 17.2 Å². The summed E-state index contributed by atoms with van der Waals surface area (Å²) >= 11 is 5.25. The Bertz CT molecular complexity index is 886. The molecule has 0 aliphatic rings. The van der Waals surface area contributed by atoms with Gasteiger partial charge in [0, 0.05) is 11.0 Å². The molecule has 0 saturated heterocycles. The Labute approximate surface area is 162 Å². The van der Waals surface area contributed by atoms with Crippen molar-refractivity contribution in [1.29, 1.82) is 0 Å². The topological polar surface area (TPSA) is 117 Å². The van der Waals surface area contributed by atoms with Crippen LogP contribution in [0.1, 0.15) is 32.2 Å². The van der Waals surface area contributed by atoms with E-state index in [4.69, 9.17) is 32.2 Å². The van der Waals surface area contributed by atoms with Gasteiger partial charge in [-0.25, -0.2) is 0 Å². The molecule has 1 aromatic carbocycles. The third-order valence-corrected chi connectivity index (χ3v) is 3.75. The third kappa shape index (κ3) is 4.85. The lowest BCUT2D eigenvalue weighted by Crippen LogP contribution is -2.20. The highest BCUT2D eigenvalue weighted by atomic mass is 32.1. The van der Waals surface area contributed by atoms with Gasteiger partial charge in [0.15, 0.2) is 23.9 Å². The van der Waals surface area contributed by atoms with Crippen molar-refractivity contribution in [2.45, 2.75) is 26.2 Å². The first kappa shape index (κ1) is 20.4. The molecule has 2 rings (SSSR count). The van der Waals surface area contributed by atoms with Gasteiger partial charge in [0.1, 0.15) is 0 Å². The summed E-state index contributed by atoms with van der Waals surface area (Å²) in [6, 6.07) is 3.39. The summed E-state index contributed by atoms with van der Waals surface area (Å²) in [7, 11) is 2.97. The van der Waals surface area contributed by atoms with Gasteiger partial charge in [-0.15, -0.1) is 0 Å². The molecule has 146 valence electrons. The number of hydrogen-bond donors (Lipinski definition) is 2. The van der Waals surface area contributed by atoms with Crippen molar-refractivity contribution in [3.05, 3.63) is 28.3 Å². The maximum atomic E-state index is 11.0. The van der Waals surface area contributed by atoms with Gasteiger partial charge in [-0.3, -0.25) is 9.89 Å². The smallest absolute Gasteiger partial charge is 0.255 e. The zero-order valence-corrected chi connectivity index (χ0v) is 16.7. The molecular weight excluding hydrogens is 370 g/mol. The van der Waals surface area contributed by atoms with E-state index in [0.717, 1.165) is 0 Å². The van der Waals surface area contributed by atoms with Crippen molar-refractivity contribution in [2.75, 3.05) is 20.8 Å². The van der Waals surface area contributed by atoms with Gasteiger partial charge in [0.25, 0.3) is 5.91 Å². The van der Waals surface area contributed by atoms with Gasteiger partial charge in [0.05, 0.1) is 20.4 Å². The third-order valence-electron chi connectivity index (χ3n) is 3.49. The van der Waals surface area contributed by atoms with Gasteiger partial charge >= 0.3 is 0 Å². The maximum absolute atomic E-state index is 11.0. The molecule has 0 radical (unpaired) electrons. The largest absolute Gasteiger partial charge is 0.493 e. The quantitative estimate of drug-likeness (QED) is 0.549. The van der Waals surface area contributed by atoms with Crippen molar-refractivity contribution >= 4 is 24.3 Å². The SMILES string of the molecule is COc1cc(/C=N\n2c(C(C)(C)C)n[nH]c2=S)cc(OC)c1OCC(N)=O. The van der Waals surface area contributed by atoms with Crippen LogP contribution in [0.2, 0.25) is 0 Å². The first-order valence-corrected chi connectivity index (χ1v) is 8.47. The van der Waals surface area contributed by atoms with E-state index in [2.05, 4.69) is 15.3 Å². The number of aromatic nitrogens is 3. The van der Waals surface area contributed by atoms with E-state index < -0.39 is 5.91 Å². The van der Waals surface area contributed by atoms with Crippen LogP contribution in [0.3, 0.4) is 0 Å². The Morgan fingerprint density at radius 2 is 1.93 bits per heavy atom. The van der Waals surface area contributed by atoms with Crippen molar-refractivity contribution in [2.24, 2.45) is 10.8 Å². The number of H-pyrrole nitrogens is 1. The second-order valence-electron chi connectivity index (χ2n) is 6.67. The molecule has 27 heavy (non-hydrogen) atoms. The summed E-state index contributed by atoms with van der Waals surface area (Å²) in [6.45, 7) is 5.75. The Kier molecular flexibility index (Phi) is 6.21. The number of carbonyl (C=O) groups is 1. The van der Waals surface area contributed by atoms with E-state index in [1.807, 2.05) is 20.8 Å². The molecule has 0 aliphatic heterocycles.